The third-order valence-corrected chi connectivity index (χ3v) is 2.07. The molecule has 0 saturated carbocycles. The molecule has 0 N–H and O–H groups in total. The largest absolute Gasteiger partial charge is 0.465 e. The molecule has 0 aromatic rings. The van der Waals surface area contributed by atoms with Crippen molar-refractivity contribution in [3.05, 3.63) is 0 Å². The van der Waals surface area contributed by atoms with E-state index in [1.165, 1.54) is 0 Å². The predicted molar refractivity (Wildman–Crippen MR) is 42.2 cm³/mol. The Hall–Kier alpha value is -0.180. The molecule has 0 aliphatic carbocycles. The maximum atomic E-state index is 10.8. The zero-order valence-corrected chi connectivity index (χ0v) is 6.77. The van der Waals surface area contributed by atoms with E-state index in [1.54, 1.807) is 0 Å². The van der Waals surface area contributed by atoms with Crippen LogP contribution in [0.15, 0.2) is 0 Å². The van der Waals surface area contributed by atoms with Crippen molar-refractivity contribution < 1.29 is 9.53 Å². The monoisotopic (exact) mass is 160 g/mol. The van der Waals surface area contributed by atoms with Crippen molar-refractivity contribution in [3.63, 3.8) is 0 Å². The predicted octanol–water partition coefficient (Wildman–Crippen LogP) is 1.26. The fourth-order valence-electron chi connectivity index (χ4n) is 1.14. The second kappa shape index (κ2) is 3.86. The summed E-state index contributed by atoms with van der Waals surface area (Å²) in [6, 6.07) is 0. The molecule has 1 aliphatic rings. The van der Waals surface area contributed by atoms with Gasteiger partial charge in [-0.1, -0.05) is 0 Å². The van der Waals surface area contributed by atoms with Crippen LogP contribution in [0.2, 0.25) is 0 Å². The first-order chi connectivity index (χ1) is 4.84. The lowest BCUT2D eigenvalue weighted by atomic mass is 10.0. The van der Waals surface area contributed by atoms with Crippen LogP contribution in [0.1, 0.15) is 19.3 Å². The number of ether oxygens (including phenoxy) is 1. The summed E-state index contributed by atoms with van der Waals surface area (Å²) >= 11 is 4.07. The van der Waals surface area contributed by atoms with Crippen molar-refractivity contribution in [2.75, 3.05) is 12.4 Å². The van der Waals surface area contributed by atoms with Crippen LogP contribution in [0.25, 0.3) is 0 Å². The minimum Gasteiger partial charge on any atom is -0.465 e. The Bertz CT molecular complexity index is 125. The summed E-state index contributed by atoms with van der Waals surface area (Å²) in [6.45, 7) is 0.621. The first kappa shape index (κ1) is 7.92. The first-order valence-electron chi connectivity index (χ1n) is 3.62. The van der Waals surface area contributed by atoms with E-state index in [0.29, 0.717) is 6.61 Å². The van der Waals surface area contributed by atoms with Gasteiger partial charge in [0, 0.05) is 0 Å². The lowest BCUT2D eigenvalue weighted by molar-refractivity contribution is -0.141. The van der Waals surface area contributed by atoms with Gasteiger partial charge in [-0.25, -0.2) is 0 Å². The zero-order valence-electron chi connectivity index (χ0n) is 5.88. The van der Waals surface area contributed by atoms with Gasteiger partial charge in [-0.05, 0) is 25.0 Å². The first-order valence-corrected chi connectivity index (χ1v) is 4.25. The van der Waals surface area contributed by atoms with Gasteiger partial charge in [0.2, 0.25) is 0 Å². The smallest absolute Gasteiger partial charge is 0.309 e. The molecule has 1 heterocycles. The number of carbonyl (C=O) groups is 1. The van der Waals surface area contributed by atoms with E-state index in [0.717, 1.165) is 25.0 Å². The minimum atomic E-state index is -0.0122. The van der Waals surface area contributed by atoms with E-state index in [-0.39, 0.29) is 11.9 Å². The molecule has 1 saturated heterocycles. The van der Waals surface area contributed by atoms with Crippen LogP contribution in [0.4, 0.5) is 0 Å². The molecule has 0 aromatic carbocycles. The van der Waals surface area contributed by atoms with Crippen molar-refractivity contribution in [1.29, 1.82) is 0 Å². The molecule has 0 amide bonds. The Balaban J connectivity index is 2.20. The van der Waals surface area contributed by atoms with Crippen LogP contribution in [-0.4, -0.2) is 18.3 Å². The van der Waals surface area contributed by atoms with Gasteiger partial charge in [-0.2, -0.15) is 12.6 Å². The topological polar surface area (TPSA) is 26.3 Å². The average Bonchev–Trinajstić information content (AvgIpc) is 2.31. The lowest BCUT2D eigenvalue weighted by Gasteiger charge is -2.01. The van der Waals surface area contributed by atoms with E-state index >= 15 is 0 Å². The van der Waals surface area contributed by atoms with E-state index in [4.69, 9.17) is 4.74 Å². The quantitative estimate of drug-likeness (QED) is 0.497. The summed E-state index contributed by atoms with van der Waals surface area (Å²) in [5, 5.41) is 0. The van der Waals surface area contributed by atoms with Gasteiger partial charge < -0.3 is 4.74 Å². The molecule has 1 unspecified atom stereocenters. The highest BCUT2D eigenvalue weighted by molar-refractivity contribution is 7.80. The summed E-state index contributed by atoms with van der Waals surface area (Å²) in [6.07, 6.45) is 2.87. The SMILES string of the molecule is O=C1OCCC1CCCS. The van der Waals surface area contributed by atoms with Crippen LogP contribution in [0, 0.1) is 5.92 Å². The van der Waals surface area contributed by atoms with Crippen LogP contribution >= 0.6 is 12.6 Å². The van der Waals surface area contributed by atoms with Crippen molar-refractivity contribution in [2.24, 2.45) is 5.92 Å². The van der Waals surface area contributed by atoms with Gasteiger partial charge in [-0.3, -0.25) is 4.79 Å². The highest BCUT2D eigenvalue weighted by Crippen LogP contribution is 2.19. The Morgan fingerprint density at radius 3 is 3.00 bits per heavy atom. The molecule has 0 bridgehead atoms. The Kier molecular flexibility index (Phi) is 3.06. The molecule has 1 fully saturated rings. The maximum absolute atomic E-state index is 10.8. The minimum absolute atomic E-state index is 0.0122. The number of hydrogen-bond acceptors (Lipinski definition) is 3. The number of carbonyl (C=O) groups excluding carboxylic acids is 1. The lowest BCUT2D eigenvalue weighted by Crippen LogP contribution is -2.07. The number of rotatable bonds is 3. The van der Waals surface area contributed by atoms with Gasteiger partial charge in [0.25, 0.3) is 0 Å². The fourth-order valence-corrected chi connectivity index (χ4v) is 1.32. The Labute approximate surface area is 66.4 Å². The zero-order chi connectivity index (χ0) is 7.40. The molecule has 1 rings (SSSR count). The normalized spacial score (nSPS) is 24.9. The molecular weight excluding hydrogens is 148 g/mol. The number of hydrogen-bond donors (Lipinski definition) is 1. The van der Waals surface area contributed by atoms with Crippen molar-refractivity contribution in [1.82, 2.24) is 0 Å². The van der Waals surface area contributed by atoms with E-state index < -0.39 is 0 Å². The molecule has 0 aromatic heterocycles. The summed E-state index contributed by atoms with van der Waals surface area (Å²) in [7, 11) is 0. The number of thiol groups is 1. The third-order valence-electron chi connectivity index (χ3n) is 1.75. The van der Waals surface area contributed by atoms with Crippen LogP contribution in [0.5, 0.6) is 0 Å². The summed E-state index contributed by atoms with van der Waals surface area (Å²) in [5.74, 6) is 1.03. The van der Waals surface area contributed by atoms with Crippen LogP contribution in [-0.2, 0) is 9.53 Å². The second-order valence-corrected chi connectivity index (χ2v) is 2.97. The highest BCUT2D eigenvalue weighted by Gasteiger charge is 2.25. The average molecular weight is 160 g/mol. The molecule has 0 radical (unpaired) electrons. The van der Waals surface area contributed by atoms with Crippen molar-refractivity contribution in [2.45, 2.75) is 19.3 Å². The van der Waals surface area contributed by atoms with E-state index in [2.05, 4.69) is 12.6 Å². The fraction of sp³-hybridized carbons (Fsp3) is 0.857. The van der Waals surface area contributed by atoms with Crippen molar-refractivity contribution in [3.8, 4) is 0 Å². The van der Waals surface area contributed by atoms with E-state index in [9.17, 15) is 4.79 Å². The van der Waals surface area contributed by atoms with Crippen molar-refractivity contribution >= 4 is 18.6 Å². The van der Waals surface area contributed by atoms with Gasteiger partial charge in [0.15, 0.2) is 0 Å². The van der Waals surface area contributed by atoms with Gasteiger partial charge >= 0.3 is 5.97 Å². The summed E-state index contributed by atoms with van der Waals surface area (Å²) < 4.78 is 4.80. The summed E-state index contributed by atoms with van der Waals surface area (Å²) in [5.41, 5.74) is 0. The number of cyclic esters (lactones) is 1. The standard InChI is InChI=1S/C7H12O2S/c8-7-6(2-1-5-10)3-4-9-7/h6,10H,1-5H2. The molecule has 3 heteroatoms. The summed E-state index contributed by atoms with van der Waals surface area (Å²) in [4.78, 5) is 10.8. The van der Waals surface area contributed by atoms with E-state index in [1.807, 2.05) is 0 Å². The molecule has 58 valence electrons. The van der Waals surface area contributed by atoms with Crippen LogP contribution < -0.4 is 0 Å². The second-order valence-electron chi connectivity index (χ2n) is 2.52. The molecule has 2 nitrogen and oxygen atoms in total. The Morgan fingerprint density at radius 2 is 2.50 bits per heavy atom. The van der Waals surface area contributed by atoms with Gasteiger partial charge in [0.05, 0.1) is 12.5 Å². The van der Waals surface area contributed by atoms with Gasteiger partial charge in [-0.15, -0.1) is 0 Å². The maximum Gasteiger partial charge on any atom is 0.309 e. The molecule has 1 atom stereocenters. The number of esters is 1. The van der Waals surface area contributed by atoms with Gasteiger partial charge in [0.1, 0.15) is 0 Å². The molecule has 10 heavy (non-hydrogen) atoms. The van der Waals surface area contributed by atoms with Crippen LogP contribution in [0.3, 0.4) is 0 Å². The highest BCUT2D eigenvalue weighted by atomic mass is 32.1. The Morgan fingerprint density at radius 1 is 1.70 bits per heavy atom. The molecule has 1 aliphatic heterocycles. The molecule has 0 spiro atoms. The molecular formula is C7H12O2S. The third kappa shape index (κ3) is 1.90.